The molecule has 1 atom stereocenters. The standard InChI is InChI=1S/C32H30N4O6S2/c1-5-9-23-27(30(38)41-6-2)28(20-16-18(39-3)12-14-24(20)40-4)36-29(37)25(43-32(36)35-23)17-19-13-15-26(42-19)44-31-33-21-10-7-8-11-22(21)34-31/h7-8,10-17,28H,5-6,9H2,1-4H3,(H,33,34)/b25-17+/t28-/m1/s1. The topological polar surface area (TPSA) is 121 Å². The molecule has 1 aliphatic heterocycles. The third-order valence-corrected chi connectivity index (χ3v) is 8.85. The first-order chi connectivity index (χ1) is 21.4. The van der Waals surface area contributed by atoms with Crippen LogP contribution >= 0.6 is 23.1 Å². The highest BCUT2D eigenvalue weighted by Gasteiger charge is 2.36. The van der Waals surface area contributed by atoms with Crippen LogP contribution in [0.2, 0.25) is 0 Å². The summed E-state index contributed by atoms with van der Waals surface area (Å²) in [5.74, 6) is 1.04. The van der Waals surface area contributed by atoms with E-state index in [4.69, 9.17) is 23.6 Å². The number of esters is 1. The second-order valence-electron chi connectivity index (χ2n) is 9.84. The summed E-state index contributed by atoms with van der Waals surface area (Å²) in [6, 6.07) is 15.9. The first-order valence-corrected chi connectivity index (χ1v) is 15.7. The Labute approximate surface area is 260 Å². The molecule has 226 valence electrons. The molecule has 0 fully saturated rings. The van der Waals surface area contributed by atoms with E-state index in [-0.39, 0.29) is 12.2 Å². The fraction of sp³-hybridized carbons (Fsp3) is 0.250. The van der Waals surface area contributed by atoms with E-state index in [1.165, 1.54) is 27.7 Å². The summed E-state index contributed by atoms with van der Waals surface area (Å²) in [7, 11) is 3.11. The van der Waals surface area contributed by atoms with Gasteiger partial charge in [-0.3, -0.25) is 9.36 Å². The second-order valence-corrected chi connectivity index (χ2v) is 11.8. The molecular formula is C32H30N4O6S2. The van der Waals surface area contributed by atoms with Crippen molar-refractivity contribution in [3.8, 4) is 11.5 Å². The monoisotopic (exact) mass is 630 g/mol. The lowest BCUT2D eigenvalue weighted by atomic mass is 9.93. The zero-order chi connectivity index (χ0) is 30.8. The number of aromatic amines is 1. The number of methoxy groups -OCH3 is 2. The lowest BCUT2D eigenvalue weighted by Gasteiger charge is -2.27. The minimum atomic E-state index is -0.838. The number of nitrogens with one attached hydrogen (secondary N) is 1. The molecular weight excluding hydrogens is 601 g/mol. The number of imidazole rings is 1. The van der Waals surface area contributed by atoms with E-state index >= 15 is 0 Å². The summed E-state index contributed by atoms with van der Waals surface area (Å²) < 4.78 is 24.7. The second kappa shape index (κ2) is 12.6. The van der Waals surface area contributed by atoms with Gasteiger partial charge in [0.05, 0.1) is 47.7 Å². The van der Waals surface area contributed by atoms with Crippen LogP contribution in [0.4, 0.5) is 0 Å². The Morgan fingerprint density at radius 3 is 2.73 bits per heavy atom. The number of aromatic nitrogens is 3. The van der Waals surface area contributed by atoms with Crippen molar-refractivity contribution in [2.75, 3.05) is 20.8 Å². The maximum atomic E-state index is 14.1. The third kappa shape index (κ3) is 5.58. The Kier molecular flexibility index (Phi) is 8.45. The summed E-state index contributed by atoms with van der Waals surface area (Å²) in [5, 5.41) is 1.32. The molecule has 0 bridgehead atoms. The van der Waals surface area contributed by atoms with Crippen LogP contribution in [0.3, 0.4) is 0 Å². The molecule has 10 nitrogen and oxygen atoms in total. The first-order valence-electron chi connectivity index (χ1n) is 14.1. The lowest BCUT2D eigenvalue weighted by molar-refractivity contribution is -0.139. The van der Waals surface area contributed by atoms with Crippen LogP contribution in [0.15, 0.2) is 90.3 Å². The molecule has 0 saturated carbocycles. The van der Waals surface area contributed by atoms with Crippen LogP contribution in [-0.4, -0.2) is 41.3 Å². The van der Waals surface area contributed by atoms with E-state index < -0.39 is 12.0 Å². The van der Waals surface area contributed by atoms with Crippen molar-refractivity contribution in [2.45, 2.75) is 43.0 Å². The molecule has 0 aliphatic carbocycles. The number of carbonyl (C=O) groups is 1. The van der Waals surface area contributed by atoms with Gasteiger partial charge in [0.25, 0.3) is 5.56 Å². The predicted molar refractivity (Wildman–Crippen MR) is 168 cm³/mol. The van der Waals surface area contributed by atoms with Gasteiger partial charge in [0.2, 0.25) is 0 Å². The van der Waals surface area contributed by atoms with Crippen LogP contribution in [0.5, 0.6) is 11.5 Å². The van der Waals surface area contributed by atoms with Crippen LogP contribution in [-0.2, 0) is 9.53 Å². The van der Waals surface area contributed by atoms with Crippen molar-refractivity contribution in [3.05, 3.63) is 96.9 Å². The molecule has 6 rings (SSSR count). The van der Waals surface area contributed by atoms with E-state index in [0.717, 1.165) is 17.5 Å². The molecule has 5 aromatic rings. The zero-order valence-corrected chi connectivity index (χ0v) is 26.2. The Bertz CT molecular complexity index is 2040. The van der Waals surface area contributed by atoms with E-state index in [9.17, 15) is 9.59 Å². The highest BCUT2D eigenvalue weighted by atomic mass is 32.2. The van der Waals surface area contributed by atoms with Crippen molar-refractivity contribution in [1.29, 1.82) is 0 Å². The van der Waals surface area contributed by atoms with Gasteiger partial charge in [0.15, 0.2) is 15.1 Å². The van der Waals surface area contributed by atoms with Gasteiger partial charge >= 0.3 is 5.97 Å². The summed E-state index contributed by atoms with van der Waals surface area (Å²) in [5.41, 5.74) is 2.97. The van der Waals surface area contributed by atoms with E-state index in [0.29, 0.717) is 60.1 Å². The van der Waals surface area contributed by atoms with Gasteiger partial charge in [-0.05, 0) is 67.6 Å². The molecule has 3 aromatic heterocycles. The Balaban J connectivity index is 1.46. The van der Waals surface area contributed by atoms with Crippen molar-refractivity contribution >= 4 is 46.2 Å². The van der Waals surface area contributed by atoms with Crippen molar-refractivity contribution < 1.29 is 23.4 Å². The number of fused-ring (bicyclic) bond motifs is 2. The van der Waals surface area contributed by atoms with Crippen LogP contribution in [0.1, 0.15) is 44.1 Å². The average molecular weight is 631 g/mol. The number of thiazole rings is 1. The number of ether oxygens (including phenoxy) is 3. The molecule has 0 unspecified atom stereocenters. The van der Waals surface area contributed by atoms with Gasteiger partial charge < -0.3 is 23.6 Å². The SMILES string of the molecule is CCCC1=C(C(=O)OCC)[C@@H](c2cc(OC)ccc2OC)n2c(s/c(=C/c3ccc(Sc4nc5ccccc5[nH]4)o3)c2=O)=N1. The molecule has 0 saturated heterocycles. The number of hydrogen-bond donors (Lipinski definition) is 1. The highest BCUT2D eigenvalue weighted by Crippen LogP contribution is 2.39. The number of H-pyrrole nitrogens is 1. The summed E-state index contributed by atoms with van der Waals surface area (Å²) in [4.78, 5) is 40.8. The van der Waals surface area contributed by atoms with Crippen molar-refractivity contribution in [3.63, 3.8) is 0 Å². The molecule has 12 heteroatoms. The molecule has 0 spiro atoms. The number of rotatable bonds is 10. The molecule has 0 radical (unpaired) electrons. The maximum absolute atomic E-state index is 14.1. The molecule has 44 heavy (non-hydrogen) atoms. The van der Waals surface area contributed by atoms with E-state index in [1.807, 2.05) is 37.3 Å². The van der Waals surface area contributed by atoms with E-state index in [1.54, 1.807) is 51.5 Å². The van der Waals surface area contributed by atoms with Gasteiger partial charge in [-0.1, -0.05) is 36.8 Å². The molecule has 2 aromatic carbocycles. The number of hydrogen-bond acceptors (Lipinski definition) is 10. The summed E-state index contributed by atoms with van der Waals surface area (Å²) >= 11 is 2.60. The van der Waals surface area contributed by atoms with Gasteiger partial charge in [0.1, 0.15) is 23.3 Å². The van der Waals surface area contributed by atoms with Crippen LogP contribution < -0.4 is 24.4 Å². The van der Waals surface area contributed by atoms with Gasteiger partial charge in [-0.25, -0.2) is 14.8 Å². The number of para-hydroxylation sites is 2. The van der Waals surface area contributed by atoms with Crippen LogP contribution in [0.25, 0.3) is 17.1 Å². The Morgan fingerprint density at radius 1 is 1.14 bits per heavy atom. The molecule has 0 amide bonds. The minimum Gasteiger partial charge on any atom is -0.497 e. The number of furan rings is 1. The summed E-state index contributed by atoms with van der Waals surface area (Å²) in [6.07, 6.45) is 2.97. The number of carbonyl (C=O) groups excluding carboxylic acids is 1. The molecule has 4 heterocycles. The number of allylic oxidation sites excluding steroid dienone is 1. The predicted octanol–water partition coefficient (Wildman–Crippen LogP) is 5.22. The third-order valence-electron chi connectivity index (χ3n) is 7.06. The quantitative estimate of drug-likeness (QED) is 0.209. The lowest BCUT2D eigenvalue weighted by Crippen LogP contribution is -2.40. The van der Waals surface area contributed by atoms with Crippen LogP contribution in [0, 0.1) is 0 Å². The van der Waals surface area contributed by atoms with Gasteiger partial charge in [-0.15, -0.1) is 0 Å². The molecule has 1 N–H and O–H groups in total. The molecule has 1 aliphatic rings. The zero-order valence-electron chi connectivity index (χ0n) is 24.6. The maximum Gasteiger partial charge on any atom is 0.338 e. The van der Waals surface area contributed by atoms with Gasteiger partial charge in [0, 0.05) is 11.6 Å². The minimum absolute atomic E-state index is 0.182. The fourth-order valence-electron chi connectivity index (χ4n) is 5.14. The number of nitrogens with zero attached hydrogens (tertiary/aromatic N) is 3. The highest BCUT2D eigenvalue weighted by molar-refractivity contribution is 7.99. The normalized spacial score (nSPS) is 14.9. The summed E-state index contributed by atoms with van der Waals surface area (Å²) in [6.45, 7) is 3.94. The van der Waals surface area contributed by atoms with E-state index in [2.05, 4.69) is 9.97 Å². The fourth-order valence-corrected chi connectivity index (χ4v) is 6.91. The Morgan fingerprint density at radius 2 is 1.98 bits per heavy atom. The van der Waals surface area contributed by atoms with Crippen molar-refractivity contribution in [2.24, 2.45) is 4.99 Å². The van der Waals surface area contributed by atoms with Crippen molar-refractivity contribution in [1.82, 2.24) is 14.5 Å². The number of benzene rings is 2. The Hall–Kier alpha value is -4.55. The first kappa shape index (κ1) is 29.5. The largest absolute Gasteiger partial charge is 0.497 e. The smallest absolute Gasteiger partial charge is 0.338 e. The average Bonchev–Trinajstić information content (AvgIpc) is 3.73. The van der Waals surface area contributed by atoms with Gasteiger partial charge in [-0.2, -0.15) is 0 Å².